The van der Waals surface area contributed by atoms with Gasteiger partial charge in [0.1, 0.15) is 5.82 Å². The molecule has 130 valence electrons. The van der Waals surface area contributed by atoms with Crippen molar-refractivity contribution in [3.63, 3.8) is 0 Å². The first kappa shape index (κ1) is 18.3. The van der Waals surface area contributed by atoms with Crippen LogP contribution < -0.4 is 10.5 Å². The van der Waals surface area contributed by atoms with Gasteiger partial charge in [0.15, 0.2) is 5.13 Å². The van der Waals surface area contributed by atoms with E-state index in [4.69, 9.17) is 10.5 Å². The third kappa shape index (κ3) is 4.49. The zero-order valence-electron chi connectivity index (χ0n) is 12.8. The van der Waals surface area contributed by atoms with Crippen molar-refractivity contribution in [1.29, 1.82) is 0 Å². The maximum Gasteiger partial charge on any atom is 0.311 e. The molecule has 0 saturated heterocycles. The number of nitrogens with two attached hydrogens (primary N) is 1. The number of rotatable bonds is 7. The quantitative estimate of drug-likeness (QED) is 0.714. The van der Waals surface area contributed by atoms with Gasteiger partial charge in [-0.1, -0.05) is 6.07 Å². The second-order valence-corrected chi connectivity index (χ2v) is 7.20. The number of thiazole rings is 1. The molecule has 0 amide bonds. The Morgan fingerprint density at radius 1 is 1.46 bits per heavy atom. The van der Waals surface area contributed by atoms with Crippen molar-refractivity contribution < 1.29 is 22.3 Å². The van der Waals surface area contributed by atoms with E-state index in [9.17, 15) is 17.6 Å². The summed E-state index contributed by atoms with van der Waals surface area (Å²) in [4.78, 5) is 15.2. The van der Waals surface area contributed by atoms with Crippen molar-refractivity contribution in [1.82, 2.24) is 4.98 Å². The maximum absolute atomic E-state index is 13.4. The van der Waals surface area contributed by atoms with Crippen LogP contribution in [0.1, 0.15) is 18.2 Å². The summed E-state index contributed by atoms with van der Waals surface area (Å²) in [5, 5.41) is 1.62. The predicted octanol–water partition coefficient (Wildman–Crippen LogP) is 1.65. The van der Waals surface area contributed by atoms with Crippen molar-refractivity contribution in [2.24, 2.45) is 5.73 Å². The lowest BCUT2D eigenvalue weighted by Gasteiger charge is -2.09. The molecule has 0 unspecified atom stereocenters. The molecule has 0 aliphatic carbocycles. The molecule has 10 heteroatoms. The lowest BCUT2D eigenvalue weighted by atomic mass is 10.2. The highest BCUT2D eigenvalue weighted by atomic mass is 32.2. The average Bonchev–Trinajstić information content (AvgIpc) is 2.93. The molecule has 0 atom stereocenters. The Bertz CT molecular complexity index is 836. The summed E-state index contributed by atoms with van der Waals surface area (Å²) < 4.78 is 45.3. The van der Waals surface area contributed by atoms with Crippen LogP contribution in [0.2, 0.25) is 0 Å². The zero-order valence-corrected chi connectivity index (χ0v) is 14.4. The van der Waals surface area contributed by atoms with Gasteiger partial charge in [-0.3, -0.25) is 9.52 Å². The van der Waals surface area contributed by atoms with Crippen LogP contribution in [0.25, 0.3) is 0 Å². The molecule has 0 saturated carbocycles. The highest BCUT2D eigenvalue weighted by molar-refractivity contribution is 7.93. The Balaban J connectivity index is 2.20. The van der Waals surface area contributed by atoms with Gasteiger partial charge in [-0.2, -0.15) is 0 Å². The number of carbonyl (C=O) groups is 1. The van der Waals surface area contributed by atoms with E-state index in [1.165, 1.54) is 6.07 Å². The van der Waals surface area contributed by atoms with E-state index in [1.807, 2.05) is 0 Å². The average molecular weight is 373 g/mol. The molecule has 0 bridgehead atoms. The van der Waals surface area contributed by atoms with Crippen molar-refractivity contribution in [3.8, 4) is 0 Å². The number of ether oxygens (including phenoxy) is 1. The Hall–Kier alpha value is -2.04. The summed E-state index contributed by atoms with van der Waals surface area (Å²) in [6, 6.07) is 3.36. The summed E-state index contributed by atoms with van der Waals surface area (Å²) >= 11 is 1.01. The fourth-order valence-corrected chi connectivity index (χ4v) is 4.14. The number of benzene rings is 1. The van der Waals surface area contributed by atoms with E-state index in [0.29, 0.717) is 5.69 Å². The monoisotopic (exact) mass is 373 g/mol. The molecule has 0 aliphatic heterocycles. The van der Waals surface area contributed by atoms with E-state index in [1.54, 1.807) is 12.3 Å². The van der Waals surface area contributed by atoms with Crippen LogP contribution in [-0.2, 0) is 32.5 Å². The predicted molar refractivity (Wildman–Crippen MR) is 87.6 cm³/mol. The summed E-state index contributed by atoms with van der Waals surface area (Å²) in [6.45, 7) is 1.89. The van der Waals surface area contributed by atoms with Crippen molar-refractivity contribution in [2.45, 2.75) is 24.8 Å². The molecule has 1 heterocycles. The SMILES string of the molecule is CCOC(=O)Cc1csc(NS(=O)(=O)c2cc(F)ccc2CN)n1. The molecule has 0 spiro atoms. The van der Waals surface area contributed by atoms with Gasteiger partial charge in [-0.25, -0.2) is 17.8 Å². The van der Waals surface area contributed by atoms with E-state index in [-0.39, 0.29) is 35.2 Å². The van der Waals surface area contributed by atoms with Gasteiger partial charge in [-0.15, -0.1) is 11.3 Å². The third-order valence-corrected chi connectivity index (χ3v) is 5.30. The number of nitrogens with one attached hydrogen (secondary N) is 1. The minimum atomic E-state index is -4.04. The number of aromatic nitrogens is 1. The molecule has 1 aromatic heterocycles. The first-order valence-corrected chi connectivity index (χ1v) is 9.33. The molecule has 2 aromatic rings. The summed E-state index contributed by atoms with van der Waals surface area (Å²) in [6.07, 6.45) is -0.0555. The number of halogens is 1. The maximum atomic E-state index is 13.4. The molecule has 1 aromatic carbocycles. The molecule has 7 nitrogen and oxygen atoms in total. The molecule has 24 heavy (non-hydrogen) atoms. The third-order valence-electron chi connectivity index (χ3n) is 2.94. The van der Waals surface area contributed by atoms with Gasteiger partial charge < -0.3 is 10.5 Å². The Kier molecular flexibility index (Phi) is 5.86. The Morgan fingerprint density at radius 3 is 2.88 bits per heavy atom. The van der Waals surface area contributed by atoms with Crippen LogP contribution in [0, 0.1) is 5.82 Å². The molecule has 0 fully saturated rings. The van der Waals surface area contributed by atoms with Gasteiger partial charge in [0.05, 0.1) is 23.6 Å². The molecule has 3 N–H and O–H groups in total. The lowest BCUT2D eigenvalue weighted by molar-refractivity contribution is -0.142. The number of hydrogen-bond acceptors (Lipinski definition) is 7. The number of anilines is 1. The summed E-state index contributed by atoms with van der Waals surface area (Å²) in [5.74, 6) is -1.14. The lowest BCUT2D eigenvalue weighted by Crippen LogP contribution is -2.16. The van der Waals surface area contributed by atoms with Crippen molar-refractivity contribution in [2.75, 3.05) is 11.3 Å². The normalized spacial score (nSPS) is 11.3. The molecule has 0 radical (unpaired) electrons. The zero-order chi connectivity index (χ0) is 17.7. The second kappa shape index (κ2) is 7.69. The van der Waals surface area contributed by atoms with E-state index in [2.05, 4.69) is 9.71 Å². The van der Waals surface area contributed by atoms with Crippen LogP contribution >= 0.6 is 11.3 Å². The van der Waals surface area contributed by atoms with Gasteiger partial charge in [0.25, 0.3) is 10.0 Å². The first-order chi connectivity index (χ1) is 11.4. The van der Waals surface area contributed by atoms with Gasteiger partial charge in [0.2, 0.25) is 0 Å². The van der Waals surface area contributed by atoms with E-state index in [0.717, 1.165) is 23.5 Å². The highest BCUT2D eigenvalue weighted by Crippen LogP contribution is 2.23. The highest BCUT2D eigenvalue weighted by Gasteiger charge is 2.21. The number of hydrogen-bond donors (Lipinski definition) is 2. The van der Waals surface area contributed by atoms with E-state index >= 15 is 0 Å². The molecule has 0 aliphatic rings. The number of nitrogens with zero attached hydrogens (tertiary/aromatic N) is 1. The number of esters is 1. The van der Waals surface area contributed by atoms with Crippen molar-refractivity contribution >= 4 is 32.5 Å². The van der Waals surface area contributed by atoms with E-state index < -0.39 is 21.8 Å². The fourth-order valence-electron chi connectivity index (χ4n) is 1.91. The van der Waals surface area contributed by atoms with Crippen LogP contribution in [0.3, 0.4) is 0 Å². The van der Waals surface area contributed by atoms with Gasteiger partial charge >= 0.3 is 5.97 Å². The van der Waals surface area contributed by atoms with Crippen LogP contribution in [0.5, 0.6) is 0 Å². The minimum Gasteiger partial charge on any atom is -0.466 e. The second-order valence-electron chi connectivity index (χ2n) is 4.69. The van der Waals surface area contributed by atoms with Crippen LogP contribution in [0.4, 0.5) is 9.52 Å². The standard InChI is InChI=1S/C14H16FN3O4S2/c1-2-22-13(19)6-11-8-23-14(17-11)18-24(20,21)12-5-10(15)4-3-9(12)7-16/h3-5,8H,2,6-7,16H2,1H3,(H,17,18). The molecular formula is C14H16FN3O4S2. The molecular weight excluding hydrogens is 357 g/mol. The summed E-state index contributed by atoms with van der Waals surface area (Å²) in [7, 11) is -4.04. The fraction of sp³-hybridized carbons (Fsp3) is 0.286. The number of sulfonamides is 1. The topological polar surface area (TPSA) is 111 Å². The van der Waals surface area contributed by atoms with Crippen LogP contribution in [-0.4, -0.2) is 26.0 Å². The van der Waals surface area contributed by atoms with Gasteiger partial charge in [-0.05, 0) is 24.6 Å². The summed E-state index contributed by atoms with van der Waals surface area (Å²) in [5.41, 5.74) is 6.17. The van der Waals surface area contributed by atoms with Crippen molar-refractivity contribution in [3.05, 3.63) is 40.7 Å². The van der Waals surface area contributed by atoms with Gasteiger partial charge in [0, 0.05) is 11.9 Å². The Morgan fingerprint density at radius 2 is 2.21 bits per heavy atom. The first-order valence-electron chi connectivity index (χ1n) is 6.97. The number of carbonyl (C=O) groups excluding carboxylic acids is 1. The smallest absolute Gasteiger partial charge is 0.311 e. The minimum absolute atomic E-state index is 0.0531. The largest absolute Gasteiger partial charge is 0.466 e. The van der Waals surface area contributed by atoms with Crippen LogP contribution in [0.15, 0.2) is 28.5 Å². The molecule has 2 rings (SSSR count). The Labute approximate surface area is 142 Å².